The molecule has 2 N–H and O–H groups in total. The smallest absolute Gasteiger partial charge is 0.0924 e. The molecule has 2 rings (SSSR count). The van der Waals surface area contributed by atoms with Crippen molar-refractivity contribution < 1.29 is 5.11 Å². The Bertz CT molecular complexity index is 330. The van der Waals surface area contributed by atoms with Gasteiger partial charge >= 0.3 is 0 Å². The van der Waals surface area contributed by atoms with E-state index in [4.69, 9.17) is 0 Å². The average molecular weight is 206 g/mol. The zero-order chi connectivity index (χ0) is 10.7. The van der Waals surface area contributed by atoms with Crippen LogP contribution in [0.15, 0.2) is 18.5 Å². The number of hydrogen-bond acceptors (Lipinski definition) is 3. The Kier molecular flexibility index (Phi) is 3.03. The van der Waals surface area contributed by atoms with Gasteiger partial charge in [0.1, 0.15) is 0 Å². The number of nitrogens with one attached hydrogen (secondary N) is 1. The second-order valence-corrected chi connectivity index (χ2v) is 4.39. The molecule has 0 spiro atoms. The van der Waals surface area contributed by atoms with Gasteiger partial charge in [0, 0.05) is 18.0 Å². The van der Waals surface area contributed by atoms with Crippen LogP contribution in [0.4, 0.5) is 0 Å². The molecule has 0 amide bonds. The van der Waals surface area contributed by atoms with E-state index in [0.29, 0.717) is 0 Å². The molecule has 0 saturated carbocycles. The van der Waals surface area contributed by atoms with Gasteiger partial charge in [-0.1, -0.05) is 6.07 Å². The van der Waals surface area contributed by atoms with E-state index in [9.17, 15) is 5.11 Å². The van der Waals surface area contributed by atoms with Gasteiger partial charge in [0.15, 0.2) is 0 Å². The van der Waals surface area contributed by atoms with E-state index >= 15 is 0 Å². The lowest BCUT2D eigenvalue weighted by Crippen LogP contribution is -2.27. The standard InChI is InChI=1S/C12H18N2O/c1-10-7-11(9-14-8-10)12(15)3-2-5-13-6-4-12/h7-9,13,15H,2-6H2,1H3. The van der Waals surface area contributed by atoms with Gasteiger partial charge in [-0.15, -0.1) is 0 Å². The van der Waals surface area contributed by atoms with Crippen LogP contribution in [0, 0.1) is 6.92 Å². The summed E-state index contributed by atoms with van der Waals surface area (Å²) < 4.78 is 0. The molecule has 1 aromatic rings. The summed E-state index contributed by atoms with van der Waals surface area (Å²) in [5.41, 5.74) is 1.40. The van der Waals surface area contributed by atoms with Gasteiger partial charge < -0.3 is 10.4 Å². The Labute approximate surface area is 90.5 Å². The van der Waals surface area contributed by atoms with Gasteiger partial charge in [0.25, 0.3) is 0 Å². The maximum absolute atomic E-state index is 10.6. The second kappa shape index (κ2) is 4.29. The average Bonchev–Trinajstić information content (AvgIpc) is 2.44. The predicted octanol–water partition coefficient (Wildman–Crippen LogP) is 1.35. The molecule has 1 unspecified atom stereocenters. The highest BCUT2D eigenvalue weighted by Gasteiger charge is 2.30. The second-order valence-electron chi connectivity index (χ2n) is 4.39. The van der Waals surface area contributed by atoms with Crippen molar-refractivity contribution in [1.29, 1.82) is 0 Å². The van der Waals surface area contributed by atoms with Crippen molar-refractivity contribution >= 4 is 0 Å². The van der Waals surface area contributed by atoms with Gasteiger partial charge in [0.2, 0.25) is 0 Å². The molecule has 3 heteroatoms. The summed E-state index contributed by atoms with van der Waals surface area (Å²) in [6.07, 6.45) is 6.23. The van der Waals surface area contributed by atoms with Crippen LogP contribution in [0.2, 0.25) is 0 Å². The first kappa shape index (κ1) is 10.6. The van der Waals surface area contributed by atoms with Gasteiger partial charge in [-0.2, -0.15) is 0 Å². The molecule has 1 saturated heterocycles. The summed E-state index contributed by atoms with van der Waals surface area (Å²) in [6.45, 7) is 3.89. The molecule has 1 atom stereocenters. The Balaban J connectivity index is 2.26. The minimum atomic E-state index is -0.678. The number of aromatic nitrogens is 1. The van der Waals surface area contributed by atoms with Crippen LogP contribution in [-0.4, -0.2) is 23.2 Å². The minimum absolute atomic E-state index is 0.678. The van der Waals surface area contributed by atoms with E-state index in [0.717, 1.165) is 43.5 Å². The first-order valence-electron chi connectivity index (χ1n) is 5.56. The number of nitrogens with zero attached hydrogens (tertiary/aromatic N) is 1. The predicted molar refractivity (Wildman–Crippen MR) is 59.6 cm³/mol. The lowest BCUT2D eigenvalue weighted by atomic mass is 9.87. The van der Waals surface area contributed by atoms with Crippen LogP contribution in [-0.2, 0) is 5.60 Å². The van der Waals surface area contributed by atoms with Crippen molar-refractivity contribution in [3.05, 3.63) is 29.6 Å². The maximum Gasteiger partial charge on any atom is 0.0924 e. The molecular weight excluding hydrogens is 188 g/mol. The van der Waals surface area contributed by atoms with Gasteiger partial charge in [0.05, 0.1) is 5.60 Å². The SMILES string of the molecule is Cc1cncc(C2(O)CCCNCC2)c1. The number of hydrogen-bond donors (Lipinski definition) is 2. The summed E-state index contributed by atoms with van der Waals surface area (Å²) in [5.74, 6) is 0. The Hall–Kier alpha value is -0.930. The van der Waals surface area contributed by atoms with Crippen LogP contribution in [0.5, 0.6) is 0 Å². The summed E-state index contributed by atoms with van der Waals surface area (Å²) in [7, 11) is 0. The van der Waals surface area contributed by atoms with Crippen molar-refractivity contribution in [2.75, 3.05) is 13.1 Å². The normalized spacial score (nSPS) is 27.3. The lowest BCUT2D eigenvalue weighted by Gasteiger charge is -2.26. The van der Waals surface area contributed by atoms with E-state index in [1.165, 1.54) is 0 Å². The topological polar surface area (TPSA) is 45.2 Å². The Morgan fingerprint density at radius 3 is 3.00 bits per heavy atom. The summed E-state index contributed by atoms with van der Waals surface area (Å²) in [6, 6.07) is 2.04. The molecule has 1 aliphatic rings. The highest BCUT2D eigenvalue weighted by Crippen LogP contribution is 2.30. The molecule has 1 aromatic heterocycles. The fourth-order valence-corrected chi connectivity index (χ4v) is 2.15. The molecule has 82 valence electrons. The molecule has 0 aromatic carbocycles. The summed E-state index contributed by atoms with van der Waals surface area (Å²) >= 11 is 0. The molecule has 0 aliphatic carbocycles. The van der Waals surface area contributed by atoms with Crippen LogP contribution >= 0.6 is 0 Å². The Morgan fingerprint density at radius 2 is 2.20 bits per heavy atom. The van der Waals surface area contributed by atoms with Crippen molar-refractivity contribution in [2.45, 2.75) is 31.8 Å². The zero-order valence-corrected chi connectivity index (χ0v) is 9.16. The molecular formula is C12H18N2O. The zero-order valence-electron chi connectivity index (χ0n) is 9.16. The summed E-state index contributed by atoms with van der Waals surface area (Å²) in [4.78, 5) is 4.15. The lowest BCUT2D eigenvalue weighted by molar-refractivity contribution is 0.0236. The monoisotopic (exact) mass is 206 g/mol. The van der Waals surface area contributed by atoms with Gasteiger partial charge in [-0.25, -0.2) is 0 Å². The molecule has 1 aliphatic heterocycles. The highest BCUT2D eigenvalue weighted by atomic mass is 16.3. The minimum Gasteiger partial charge on any atom is -0.385 e. The third-order valence-electron chi connectivity index (χ3n) is 3.07. The third kappa shape index (κ3) is 2.36. The molecule has 0 bridgehead atoms. The first-order valence-corrected chi connectivity index (χ1v) is 5.56. The van der Waals surface area contributed by atoms with Crippen molar-refractivity contribution in [3.63, 3.8) is 0 Å². The summed E-state index contributed by atoms with van der Waals surface area (Å²) in [5, 5.41) is 13.9. The van der Waals surface area contributed by atoms with E-state index in [2.05, 4.69) is 10.3 Å². The van der Waals surface area contributed by atoms with E-state index < -0.39 is 5.60 Å². The molecule has 2 heterocycles. The van der Waals surface area contributed by atoms with Crippen LogP contribution in [0.3, 0.4) is 0 Å². The van der Waals surface area contributed by atoms with Crippen LogP contribution in [0.25, 0.3) is 0 Å². The van der Waals surface area contributed by atoms with E-state index in [-0.39, 0.29) is 0 Å². The third-order valence-corrected chi connectivity index (χ3v) is 3.07. The number of pyridine rings is 1. The molecule has 3 nitrogen and oxygen atoms in total. The van der Waals surface area contributed by atoms with E-state index in [1.54, 1.807) is 6.20 Å². The largest absolute Gasteiger partial charge is 0.385 e. The highest BCUT2D eigenvalue weighted by molar-refractivity contribution is 5.23. The van der Waals surface area contributed by atoms with Crippen molar-refractivity contribution in [3.8, 4) is 0 Å². The molecule has 0 radical (unpaired) electrons. The fraction of sp³-hybridized carbons (Fsp3) is 0.583. The van der Waals surface area contributed by atoms with Crippen molar-refractivity contribution in [1.82, 2.24) is 10.3 Å². The van der Waals surface area contributed by atoms with Gasteiger partial charge in [-0.05, 0) is 44.8 Å². The Morgan fingerprint density at radius 1 is 1.33 bits per heavy atom. The van der Waals surface area contributed by atoms with Crippen LogP contribution < -0.4 is 5.32 Å². The molecule has 15 heavy (non-hydrogen) atoms. The van der Waals surface area contributed by atoms with Gasteiger partial charge in [-0.3, -0.25) is 4.98 Å². The number of aliphatic hydroxyl groups is 1. The fourth-order valence-electron chi connectivity index (χ4n) is 2.15. The quantitative estimate of drug-likeness (QED) is 0.729. The van der Waals surface area contributed by atoms with E-state index in [1.807, 2.05) is 19.2 Å². The first-order chi connectivity index (χ1) is 7.21. The number of rotatable bonds is 1. The van der Waals surface area contributed by atoms with Crippen molar-refractivity contribution in [2.24, 2.45) is 0 Å². The number of aryl methyl sites for hydroxylation is 1. The molecule has 1 fully saturated rings. The van der Waals surface area contributed by atoms with Crippen LogP contribution in [0.1, 0.15) is 30.4 Å². The maximum atomic E-state index is 10.6.